The highest BCUT2D eigenvalue weighted by molar-refractivity contribution is 4.91. The Kier molecular flexibility index (Phi) is 1.96. The van der Waals surface area contributed by atoms with E-state index < -0.39 is 6.03 Å². The van der Waals surface area contributed by atoms with E-state index in [-0.39, 0.29) is 0 Å². The van der Waals surface area contributed by atoms with Gasteiger partial charge in [-0.05, 0) is 0 Å². The van der Waals surface area contributed by atoms with E-state index in [1.165, 1.54) is 7.11 Å². The first-order valence-electron chi connectivity index (χ1n) is 1.80. The van der Waals surface area contributed by atoms with Gasteiger partial charge in [0.1, 0.15) is 0 Å². The van der Waals surface area contributed by atoms with Gasteiger partial charge in [-0.25, -0.2) is 9.84 Å². The molecule has 0 atom stereocenters. The van der Waals surface area contributed by atoms with Crippen LogP contribution in [0.25, 0.3) is 9.69 Å². The van der Waals surface area contributed by atoms with Crippen LogP contribution in [-0.2, 0) is 4.74 Å². The molecule has 0 aliphatic rings. The summed E-state index contributed by atoms with van der Waals surface area (Å²) in [7, 11) is 1.17. The van der Waals surface area contributed by atoms with Crippen LogP contribution in [0.15, 0.2) is 0 Å². The minimum atomic E-state index is -2.07. The summed E-state index contributed by atoms with van der Waals surface area (Å²) >= 11 is 0. The number of aliphatic hydroxyl groups is 1. The van der Waals surface area contributed by atoms with Gasteiger partial charge in [0.2, 0.25) is 0 Å². The molecule has 0 bridgehead atoms. The summed E-state index contributed by atoms with van der Waals surface area (Å²) in [5, 5.41) is 8.63. The molecule has 0 aliphatic heterocycles. The Hall–Kier alpha value is -1.10. The highest BCUT2D eigenvalue weighted by Crippen LogP contribution is 2.06. The van der Waals surface area contributed by atoms with E-state index in [4.69, 9.17) is 5.11 Å². The number of methoxy groups -OCH3 is 1. The molecule has 0 aromatic rings. The number of hydrogen-bond acceptors (Lipinski definition) is 2. The van der Waals surface area contributed by atoms with Crippen molar-refractivity contribution in [1.29, 1.82) is 0 Å². The largest absolute Gasteiger partial charge is 0.832 e. The van der Waals surface area contributed by atoms with E-state index in [2.05, 4.69) is 27.6 Å². The molecule has 1 N–H and O–H groups in total. The molecule has 0 rings (SSSR count). The van der Waals surface area contributed by atoms with Gasteiger partial charge in [-0.15, -0.1) is 0 Å². The van der Waals surface area contributed by atoms with Crippen molar-refractivity contribution in [3.8, 4) is 13.1 Å². The van der Waals surface area contributed by atoms with E-state index in [0.29, 0.717) is 0 Å². The van der Waals surface area contributed by atoms with Crippen LogP contribution in [0.4, 0.5) is 0 Å². The van der Waals surface area contributed by atoms with Crippen molar-refractivity contribution < 1.29 is 9.84 Å². The van der Waals surface area contributed by atoms with Crippen LogP contribution in [0.2, 0.25) is 0 Å². The van der Waals surface area contributed by atoms with E-state index >= 15 is 0 Å². The number of hydrogen-bond donors (Lipinski definition) is 1. The lowest BCUT2D eigenvalue weighted by Gasteiger charge is -1.83. The van der Waals surface area contributed by atoms with Crippen LogP contribution in [0, 0.1) is 13.1 Å². The summed E-state index contributed by atoms with van der Waals surface area (Å²) in [4.78, 5) is 5.60. The molecule has 42 valence electrons. The molecule has 0 amide bonds. The normalized spacial score (nSPS) is 9.50. The maximum atomic E-state index is 8.63. The zero-order chi connectivity index (χ0) is 6.62. The highest BCUT2D eigenvalue weighted by atomic mass is 16.6. The van der Waals surface area contributed by atoms with Gasteiger partial charge in [0.25, 0.3) is 13.1 Å². The molecule has 4 heteroatoms. The Bertz CT molecular complexity index is 138. The van der Waals surface area contributed by atoms with Gasteiger partial charge in [-0.2, -0.15) is 0 Å². The minimum absolute atomic E-state index is 1.17. The molecule has 0 heterocycles. The zero-order valence-corrected chi connectivity index (χ0v) is 4.40. The fourth-order valence-corrected chi connectivity index (χ4v) is 0.139. The maximum Gasteiger partial charge on any atom is 0.832 e. The maximum absolute atomic E-state index is 8.63. The number of ether oxygens (including phenoxy) is 1. The third kappa shape index (κ3) is 1.19. The van der Waals surface area contributed by atoms with Crippen molar-refractivity contribution >= 4 is 0 Å². The fourth-order valence-electron chi connectivity index (χ4n) is 0.139. The molecular formula is C4H6N2O2+2. The van der Waals surface area contributed by atoms with E-state index in [1.807, 2.05) is 0 Å². The van der Waals surface area contributed by atoms with Crippen molar-refractivity contribution in [2.45, 2.75) is 6.03 Å². The molecule has 0 aliphatic carbocycles. The summed E-state index contributed by atoms with van der Waals surface area (Å²) in [5.74, 6) is 0. The van der Waals surface area contributed by atoms with Gasteiger partial charge in [0, 0.05) is 0 Å². The molecule has 0 spiro atoms. The molecular weight excluding hydrogens is 108 g/mol. The van der Waals surface area contributed by atoms with Crippen molar-refractivity contribution in [1.82, 2.24) is 0 Å². The van der Waals surface area contributed by atoms with Gasteiger partial charge in [0.15, 0.2) is 0 Å². The van der Waals surface area contributed by atoms with Crippen molar-refractivity contribution in [2.24, 2.45) is 0 Å². The lowest BCUT2D eigenvalue weighted by atomic mass is 10.9. The first-order valence-corrected chi connectivity index (χ1v) is 1.80. The molecule has 0 saturated heterocycles. The molecule has 0 saturated carbocycles. The van der Waals surface area contributed by atoms with Crippen LogP contribution in [0.3, 0.4) is 0 Å². The Labute approximate surface area is 46.9 Å². The van der Waals surface area contributed by atoms with Crippen LogP contribution in [0.5, 0.6) is 0 Å². The van der Waals surface area contributed by atoms with Crippen molar-refractivity contribution in [3.05, 3.63) is 9.69 Å². The predicted octanol–water partition coefficient (Wildman–Crippen LogP) is 0.162. The average molecular weight is 114 g/mol. The molecule has 0 aromatic carbocycles. The topological polar surface area (TPSA) is 38.2 Å². The predicted molar refractivity (Wildman–Crippen MR) is 28.6 cm³/mol. The Morgan fingerprint density at radius 1 is 1.50 bits per heavy atom. The van der Waals surface area contributed by atoms with Gasteiger partial charge < -0.3 is 0 Å². The Balaban J connectivity index is 4.11. The summed E-state index contributed by atoms with van der Waals surface area (Å²) < 4.78 is 4.21. The zero-order valence-electron chi connectivity index (χ0n) is 4.40. The molecule has 0 fully saturated rings. The third-order valence-corrected chi connectivity index (χ3v) is 0.610. The van der Waals surface area contributed by atoms with E-state index in [0.717, 1.165) is 0 Å². The lowest BCUT2D eigenvalue weighted by molar-refractivity contribution is -0.110. The second-order valence-electron chi connectivity index (χ2n) is 1.04. The molecule has 0 aromatic heterocycles. The van der Waals surface area contributed by atoms with Gasteiger partial charge in [-0.3, -0.25) is 0 Å². The highest BCUT2D eigenvalue weighted by Gasteiger charge is 2.51. The smallest absolute Gasteiger partial charge is 0.217 e. The van der Waals surface area contributed by atoms with Crippen molar-refractivity contribution in [2.75, 3.05) is 7.11 Å². The molecule has 4 nitrogen and oxygen atoms in total. The molecule has 0 radical (unpaired) electrons. The molecule has 0 unspecified atom stereocenters. The van der Waals surface area contributed by atoms with E-state index in [9.17, 15) is 0 Å². The Morgan fingerprint density at radius 2 is 1.88 bits per heavy atom. The fraction of sp³-hybridized carbons (Fsp3) is 0.500. The second-order valence-corrected chi connectivity index (χ2v) is 1.04. The van der Waals surface area contributed by atoms with Crippen molar-refractivity contribution in [3.63, 3.8) is 0 Å². The van der Waals surface area contributed by atoms with E-state index in [1.54, 1.807) is 0 Å². The standard InChI is InChI=1S/C4H6N2O2/c1-5-4(7,6-2)8-3/h1-2,7H,3H3/q+2. The molecule has 8 heavy (non-hydrogen) atoms. The van der Waals surface area contributed by atoms with Crippen LogP contribution < -0.4 is 0 Å². The van der Waals surface area contributed by atoms with Gasteiger partial charge >= 0.3 is 6.03 Å². The number of rotatable bonds is 1. The first-order chi connectivity index (χ1) is 3.68. The Morgan fingerprint density at radius 3 is 1.88 bits per heavy atom. The third-order valence-electron chi connectivity index (χ3n) is 0.610. The second kappa shape index (κ2) is 2.27. The van der Waals surface area contributed by atoms with Gasteiger partial charge in [0.05, 0.1) is 16.8 Å². The monoisotopic (exact) mass is 114 g/mol. The summed E-state index contributed by atoms with van der Waals surface area (Å²) in [6, 6.07) is -2.07. The average Bonchev–Trinajstić information content (AvgIpc) is 1.87. The lowest BCUT2D eigenvalue weighted by Crippen LogP contribution is -2.20. The van der Waals surface area contributed by atoms with Gasteiger partial charge in [-0.1, -0.05) is 0 Å². The quantitative estimate of drug-likeness (QED) is 0.493. The summed E-state index contributed by atoms with van der Waals surface area (Å²) in [6.45, 7) is 9.21. The first kappa shape index (κ1) is 6.90. The SMILES string of the molecule is C#[N+]C(O)([N+]#C)OC. The van der Waals surface area contributed by atoms with Crippen LogP contribution >= 0.6 is 0 Å². The summed E-state index contributed by atoms with van der Waals surface area (Å²) in [6.07, 6.45) is 0. The van der Waals surface area contributed by atoms with Crippen LogP contribution in [-0.4, -0.2) is 18.3 Å². The summed E-state index contributed by atoms with van der Waals surface area (Å²) in [5.41, 5.74) is 0. The number of nitrogens with zero attached hydrogens (tertiary/aromatic N) is 2. The van der Waals surface area contributed by atoms with Crippen LogP contribution in [0.1, 0.15) is 0 Å². The minimum Gasteiger partial charge on any atom is -0.217 e.